The van der Waals surface area contributed by atoms with Crippen molar-refractivity contribution in [2.45, 2.75) is 0 Å². The molecule has 0 aliphatic rings. The number of nitrogen functional groups attached to an aromatic ring is 2. The van der Waals surface area contributed by atoms with E-state index < -0.39 is 0 Å². The van der Waals surface area contributed by atoms with Gasteiger partial charge < -0.3 is 11.5 Å². The summed E-state index contributed by atoms with van der Waals surface area (Å²) in [5.74, 6) is 0.469. The average Bonchev–Trinajstić information content (AvgIpc) is 2.75. The maximum atomic E-state index is 5.87. The molecule has 0 saturated heterocycles. The Kier molecular flexibility index (Phi) is 1.98. The van der Waals surface area contributed by atoms with E-state index in [2.05, 4.69) is 10.1 Å². The summed E-state index contributed by atoms with van der Waals surface area (Å²) < 4.78 is 1.72. The van der Waals surface area contributed by atoms with Crippen molar-refractivity contribution >= 4 is 17.0 Å². The smallest absolute Gasteiger partial charge is 0.151 e. The van der Waals surface area contributed by atoms with Gasteiger partial charge in [0.25, 0.3) is 0 Å². The lowest BCUT2D eigenvalue weighted by atomic mass is 10.1. The number of hydrogen-bond acceptors (Lipinski definition) is 4. The second kappa shape index (κ2) is 3.48. The van der Waals surface area contributed by atoms with Crippen LogP contribution in [0, 0.1) is 0 Å². The average molecular weight is 225 g/mol. The molecular formula is C12H11N5. The van der Waals surface area contributed by atoms with Crippen molar-refractivity contribution in [1.82, 2.24) is 14.6 Å². The minimum atomic E-state index is 0.469. The fraction of sp³-hybridized carbons (Fsp3) is 0. The molecule has 0 spiro atoms. The second-order valence-electron chi connectivity index (χ2n) is 3.79. The largest absolute Gasteiger partial charge is 0.399 e. The molecule has 0 unspecified atom stereocenters. The van der Waals surface area contributed by atoms with Gasteiger partial charge in [-0.15, -0.1) is 0 Å². The number of aromatic nitrogens is 3. The molecule has 0 atom stereocenters. The highest BCUT2D eigenvalue weighted by molar-refractivity contribution is 5.87. The third-order valence-electron chi connectivity index (χ3n) is 2.70. The lowest BCUT2D eigenvalue weighted by molar-refractivity contribution is 0.908. The second-order valence-corrected chi connectivity index (χ2v) is 3.79. The van der Waals surface area contributed by atoms with Crippen LogP contribution < -0.4 is 11.5 Å². The normalized spacial score (nSPS) is 10.8. The Bertz CT molecular complexity index is 669. The summed E-state index contributed by atoms with van der Waals surface area (Å²) in [5, 5.41) is 4.11. The fourth-order valence-electron chi connectivity index (χ4n) is 1.87. The first-order valence-corrected chi connectivity index (χ1v) is 5.19. The third kappa shape index (κ3) is 1.48. The van der Waals surface area contributed by atoms with Gasteiger partial charge in [-0.2, -0.15) is 5.10 Å². The first kappa shape index (κ1) is 9.65. The molecule has 2 aromatic heterocycles. The lowest BCUT2D eigenvalue weighted by Crippen LogP contribution is -1.98. The van der Waals surface area contributed by atoms with Crippen molar-refractivity contribution in [1.29, 1.82) is 0 Å². The summed E-state index contributed by atoms with van der Waals surface area (Å²) in [4.78, 5) is 4.00. The predicted octanol–water partition coefficient (Wildman–Crippen LogP) is 1.56. The van der Waals surface area contributed by atoms with Crippen LogP contribution in [0.25, 0.3) is 16.6 Å². The molecule has 0 aliphatic carbocycles. The van der Waals surface area contributed by atoms with Crippen LogP contribution in [-0.4, -0.2) is 14.6 Å². The Morgan fingerprint density at radius 1 is 1.00 bits per heavy atom. The highest BCUT2D eigenvalue weighted by Gasteiger charge is 2.09. The zero-order valence-corrected chi connectivity index (χ0v) is 9.04. The maximum absolute atomic E-state index is 5.87. The van der Waals surface area contributed by atoms with Gasteiger partial charge in [-0.3, -0.25) is 0 Å². The van der Waals surface area contributed by atoms with Crippen molar-refractivity contribution in [3.63, 3.8) is 0 Å². The molecule has 84 valence electrons. The molecule has 0 saturated carbocycles. The van der Waals surface area contributed by atoms with Gasteiger partial charge in [0.05, 0.1) is 0 Å². The summed E-state index contributed by atoms with van der Waals surface area (Å²) in [6, 6.07) is 9.59. The highest BCUT2D eigenvalue weighted by atomic mass is 15.2. The third-order valence-corrected chi connectivity index (χ3v) is 2.70. The molecule has 5 nitrogen and oxygen atoms in total. The monoisotopic (exact) mass is 225 g/mol. The van der Waals surface area contributed by atoms with Gasteiger partial charge >= 0.3 is 0 Å². The standard InChI is InChI=1S/C12H11N5/c13-9-3-1-8(2-4-9)10-5-6-17-11(10)12(14)15-7-16-17/h1-7H,13H2,(H2,14,15,16). The fourth-order valence-corrected chi connectivity index (χ4v) is 1.87. The van der Waals surface area contributed by atoms with E-state index in [-0.39, 0.29) is 0 Å². The van der Waals surface area contributed by atoms with E-state index in [9.17, 15) is 0 Å². The van der Waals surface area contributed by atoms with Gasteiger partial charge in [0.1, 0.15) is 11.8 Å². The summed E-state index contributed by atoms with van der Waals surface area (Å²) >= 11 is 0. The zero-order chi connectivity index (χ0) is 11.8. The van der Waals surface area contributed by atoms with E-state index in [0.717, 1.165) is 22.3 Å². The number of rotatable bonds is 1. The molecule has 0 amide bonds. The number of anilines is 2. The molecule has 0 bridgehead atoms. The minimum absolute atomic E-state index is 0.469. The van der Waals surface area contributed by atoms with E-state index in [4.69, 9.17) is 11.5 Å². The molecular weight excluding hydrogens is 214 g/mol. The Hall–Kier alpha value is -2.56. The van der Waals surface area contributed by atoms with Gasteiger partial charge in [-0.25, -0.2) is 9.50 Å². The van der Waals surface area contributed by atoms with Gasteiger partial charge in [0.2, 0.25) is 0 Å². The Balaban J connectivity index is 2.27. The van der Waals surface area contributed by atoms with Crippen molar-refractivity contribution in [2.24, 2.45) is 0 Å². The van der Waals surface area contributed by atoms with Crippen LogP contribution >= 0.6 is 0 Å². The van der Waals surface area contributed by atoms with Gasteiger partial charge in [-0.05, 0) is 23.8 Å². The topological polar surface area (TPSA) is 82.2 Å². The van der Waals surface area contributed by atoms with Crippen LogP contribution in [-0.2, 0) is 0 Å². The molecule has 1 aromatic carbocycles. The van der Waals surface area contributed by atoms with Crippen LogP contribution in [0.4, 0.5) is 11.5 Å². The van der Waals surface area contributed by atoms with Crippen LogP contribution in [0.1, 0.15) is 0 Å². The first-order chi connectivity index (χ1) is 8.25. The van der Waals surface area contributed by atoms with Crippen molar-refractivity contribution in [3.05, 3.63) is 42.9 Å². The maximum Gasteiger partial charge on any atom is 0.151 e. The Morgan fingerprint density at radius 2 is 1.76 bits per heavy atom. The quantitative estimate of drug-likeness (QED) is 0.616. The highest BCUT2D eigenvalue weighted by Crippen LogP contribution is 2.28. The SMILES string of the molecule is Nc1ccc(-c2ccn3ncnc(N)c23)cc1. The van der Waals surface area contributed by atoms with Crippen molar-refractivity contribution in [2.75, 3.05) is 11.5 Å². The number of nitrogens with zero attached hydrogens (tertiary/aromatic N) is 3. The first-order valence-electron chi connectivity index (χ1n) is 5.19. The molecule has 0 fully saturated rings. The number of benzene rings is 1. The molecule has 0 aliphatic heterocycles. The zero-order valence-electron chi connectivity index (χ0n) is 9.04. The number of hydrogen-bond donors (Lipinski definition) is 2. The van der Waals surface area contributed by atoms with Crippen molar-refractivity contribution in [3.8, 4) is 11.1 Å². The summed E-state index contributed by atoms with van der Waals surface area (Å²) in [6.45, 7) is 0. The summed E-state index contributed by atoms with van der Waals surface area (Å²) in [5.41, 5.74) is 15.1. The molecule has 3 aromatic rings. The van der Waals surface area contributed by atoms with Crippen LogP contribution in [0.2, 0.25) is 0 Å². The van der Waals surface area contributed by atoms with E-state index in [0.29, 0.717) is 5.82 Å². The lowest BCUT2D eigenvalue weighted by Gasteiger charge is -2.02. The van der Waals surface area contributed by atoms with Crippen LogP contribution in [0.15, 0.2) is 42.9 Å². The Labute approximate surface area is 97.7 Å². The number of fused-ring (bicyclic) bond motifs is 1. The molecule has 3 rings (SSSR count). The van der Waals surface area contributed by atoms with Gasteiger partial charge in [0, 0.05) is 17.4 Å². The molecule has 4 N–H and O–H groups in total. The van der Waals surface area contributed by atoms with Gasteiger partial charge in [-0.1, -0.05) is 12.1 Å². The van der Waals surface area contributed by atoms with E-state index >= 15 is 0 Å². The summed E-state index contributed by atoms with van der Waals surface area (Å²) in [7, 11) is 0. The molecule has 0 radical (unpaired) electrons. The van der Waals surface area contributed by atoms with E-state index in [1.165, 1.54) is 6.33 Å². The summed E-state index contributed by atoms with van der Waals surface area (Å²) in [6.07, 6.45) is 3.30. The minimum Gasteiger partial charge on any atom is -0.399 e. The molecule has 5 heteroatoms. The van der Waals surface area contributed by atoms with Crippen LogP contribution in [0.3, 0.4) is 0 Å². The molecule has 2 heterocycles. The van der Waals surface area contributed by atoms with Crippen LogP contribution in [0.5, 0.6) is 0 Å². The Morgan fingerprint density at radius 3 is 2.53 bits per heavy atom. The molecule has 17 heavy (non-hydrogen) atoms. The van der Waals surface area contributed by atoms with Crippen molar-refractivity contribution < 1.29 is 0 Å². The van der Waals surface area contributed by atoms with Gasteiger partial charge in [0.15, 0.2) is 5.82 Å². The predicted molar refractivity (Wildman–Crippen MR) is 67.2 cm³/mol. The van der Waals surface area contributed by atoms with E-state index in [1.54, 1.807) is 4.52 Å². The number of nitrogens with two attached hydrogens (primary N) is 2. The van der Waals surface area contributed by atoms with E-state index in [1.807, 2.05) is 36.5 Å².